The Kier molecular flexibility index (Phi) is 4.54. The van der Waals surface area contributed by atoms with Crippen LogP contribution in [-0.2, 0) is 11.3 Å². The lowest BCUT2D eigenvalue weighted by Crippen LogP contribution is -2.22. The Morgan fingerprint density at radius 1 is 1.38 bits per heavy atom. The summed E-state index contributed by atoms with van der Waals surface area (Å²) in [7, 11) is 0. The summed E-state index contributed by atoms with van der Waals surface area (Å²) in [5, 5.41) is 12.0. The Labute approximate surface area is 124 Å². The largest absolute Gasteiger partial charge is 0.478 e. The number of aromatic carboxylic acids is 1. The Morgan fingerprint density at radius 3 is 2.81 bits per heavy atom. The van der Waals surface area contributed by atoms with E-state index in [2.05, 4.69) is 5.32 Å². The molecule has 0 aromatic carbocycles. The van der Waals surface area contributed by atoms with E-state index in [1.807, 2.05) is 0 Å². The van der Waals surface area contributed by atoms with Crippen molar-refractivity contribution < 1.29 is 14.7 Å². The van der Waals surface area contributed by atoms with E-state index >= 15 is 0 Å². The number of carbonyl (C=O) groups is 2. The molecule has 0 spiro atoms. The van der Waals surface area contributed by atoms with Gasteiger partial charge in [0.05, 0.1) is 5.56 Å². The number of aromatic nitrogens is 1. The van der Waals surface area contributed by atoms with Crippen LogP contribution < -0.4 is 10.9 Å². The Hall–Kier alpha value is -2.41. The molecule has 0 bridgehead atoms. The molecular weight excluding hydrogens is 292 g/mol. The number of aryl methyl sites for hydroxylation is 2. The Balaban J connectivity index is 2.01. The van der Waals surface area contributed by atoms with Crippen LogP contribution in [0.1, 0.15) is 21.7 Å². The summed E-state index contributed by atoms with van der Waals surface area (Å²) in [5.74, 6) is -1.40. The number of pyridine rings is 1. The lowest BCUT2D eigenvalue weighted by atomic mass is 10.3. The lowest BCUT2D eigenvalue weighted by molar-refractivity contribution is -0.116. The Morgan fingerprint density at radius 2 is 2.14 bits per heavy atom. The third-order valence-corrected chi connectivity index (χ3v) is 3.78. The van der Waals surface area contributed by atoms with Crippen LogP contribution >= 0.6 is 11.3 Å². The van der Waals surface area contributed by atoms with E-state index in [-0.39, 0.29) is 30.0 Å². The van der Waals surface area contributed by atoms with Gasteiger partial charge in [0, 0.05) is 30.1 Å². The van der Waals surface area contributed by atoms with Gasteiger partial charge < -0.3 is 15.0 Å². The van der Waals surface area contributed by atoms with Crippen LogP contribution in [0, 0.1) is 6.92 Å². The molecule has 7 heteroatoms. The van der Waals surface area contributed by atoms with E-state index in [0.717, 1.165) is 4.88 Å². The molecule has 21 heavy (non-hydrogen) atoms. The number of hydrogen-bond donors (Lipinski definition) is 2. The summed E-state index contributed by atoms with van der Waals surface area (Å²) in [4.78, 5) is 35.2. The summed E-state index contributed by atoms with van der Waals surface area (Å²) in [6, 6.07) is 6.28. The number of amides is 1. The molecular formula is C14H14N2O4S. The maximum Gasteiger partial charge on any atom is 0.338 e. The number of rotatable bonds is 5. The first-order valence-electron chi connectivity index (χ1n) is 6.26. The average Bonchev–Trinajstić information content (AvgIpc) is 2.79. The number of nitrogens with one attached hydrogen (secondary N) is 1. The van der Waals surface area contributed by atoms with Crippen molar-refractivity contribution in [2.24, 2.45) is 0 Å². The quantitative estimate of drug-likeness (QED) is 0.883. The molecule has 2 heterocycles. The highest BCUT2D eigenvalue weighted by Gasteiger charge is 2.15. The van der Waals surface area contributed by atoms with Crippen LogP contribution in [0.25, 0.3) is 0 Å². The molecule has 0 radical (unpaired) electrons. The minimum atomic E-state index is -1.08. The zero-order valence-electron chi connectivity index (χ0n) is 11.3. The summed E-state index contributed by atoms with van der Waals surface area (Å²) in [6.07, 6.45) is 1.70. The fourth-order valence-corrected chi connectivity index (χ4v) is 2.74. The zero-order valence-corrected chi connectivity index (χ0v) is 12.1. The van der Waals surface area contributed by atoms with Gasteiger partial charge in [0.2, 0.25) is 5.91 Å². The molecule has 1 amide bonds. The maximum atomic E-state index is 11.9. The highest BCUT2D eigenvalue weighted by Crippen LogP contribution is 2.27. The monoisotopic (exact) mass is 306 g/mol. The third kappa shape index (κ3) is 3.79. The second-order valence-electron chi connectivity index (χ2n) is 4.44. The molecule has 2 aromatic rings. The van der Waals surface area contributed by atoms with Gasteiger partial charge >= 0.3 is 5.97 Å². The number of thiophene rings is 1. The molecule has 0 fully saturated rings. The molecule has 6 nitrogen and oxygen atoms in total. The highest BCUT2D eigenvalue weighted by molar-refractivity contribution is 7.16. The molecule has 0 aliphatic carbocycles. The minimum absolute atomic E-state index is 0.0859. The van der Waals surface area contributed by atoms with Crippen molar-refractivity contribution in [3.05, 3.63) is 51.3 Å². The van der Waals surface area contributed by atoms with Gasteiger partial charge in [-0.3, -0.25) is 9.59 Å². The van der Waals surface area contributed by atoms with E-state index in [1.165, 1.54) is 28.0 Å². The van der Waals surface area contributed by atoms with Crippen molar-refractivity contribution in [2.45, 2.75) is 19.9 Å². The molecule has 110 valence electrons. The van der Waals surface area contributed by atoms with Crippen LogP contribution in [-0.4, -0.2) is 21.6 Å². The number of carboxylic acids is 1. The molecule has 0 saturated heterocycles. The molecule has 0 unspecified atom stereocenters. The summed E-state index contributed by atoms with van der Waals surface area (Å²) >= 11 is 1.21. The maximum absolute atomic E-state index is 11.9. The van der Waals surface area contributed by atoms with Crippen molar-refractivity contribution >= 4 is 28.2 Å². The van der Waals surface area contributed by atoms with Crippen LogP contribution in [0.15, 0.2) is 35.3 Å². The minimum Gasteiger partial charge on any atom is -0.478 e. The molecule has 2 rings (SSSR count). The van der Waals surface area contributed by atoms with Gasteiger partial charge in [-0.25, -0.2) is 4.79 Å². The molecule has 0 aliphatic heterocycles. The van der Waals surface area contributed by atoms with Gasteiger partial charge in [-0.05, 0) is 19.1 Å². The van der Waals surface area contributed by atoms with Gasteiger partial charge in [0.25, 0.3) is 5.56 Å². The lowest BCUT2D eigenvalue weighted by Gasteiger charge is -2.06. The van der Waals surface area contributed by atoms with E-state index in [0.29, 0.717) is 5.00 Å². The molecule has 0 aliphatic rings. The predicted molar refractivity (Wildman–Crippen MR) is 80.0 cm³/mol. The first-order valence-corrected chi connectivity index (χ1v) is 7.08. The number of anilines is 1. The first-order chi connectivity index (χ1) is 9.97. The summed E-state index contributed by atoms with van der Waals surface area (Å²) < 4.78 is 1.43. The van der Waals surface area contributed by atoms with Crippen LogP contribution in [0.5, 0.6) is 0 Å². The fourth-order valence-electron chi connectivity index (χ4n) is 1.82. The van der Waals surface area contributed by atoms with Gasteiger partial charge in [-0.15, -0.1) is 11.3 Å². The SMILES string of the molecule is Cc1cc(C(=O)O)c(NC(=O)CCn2ccccc2=O)s1. The first kappa shape index (κ1) is 15.0. The number of carbonyl (C=O) groups excluding carboxylic acids is 1. The van der Waals surface area contributed by atoms with E-state index in [4.69, 9.17) is 5.11 Å². The summed E-state index contributed by atoms with van der Waals surface area (Å²) in [5.41, 5.74) is -0.0915. The van der Waals surface area contributed by atoms with Gasteiger partial charge in [0.15, 0.2) is 0 Å². The van der Waals surface area contributed by atoms with Gasteiger partial charge in [-0.1, -0.05) is 6.07 Å². The Bertz CT molecular complexity index is 733. The van der Waals surface area contributed by atoms with E-state index in [9.17, 15) is 14.4 Å². The zero-order chi connectivity index (χ0) is 15.4. The van der Waals surface area contributed by atoms with Crippen molar-refractivity contribution in [2.75, 3.05) is 5.32 Å². The molecule has 0 atom stereocenters. The second-order valence-corrected chi connectivity index (χ2v) is 5.69. The molecule has 0 saturated carbocycles. The van der Waals surface area contributed by atoms with Gasteiger partial charge in [0.1, 0.15) is 5.00 Å². The number of carboxylic acid groups (broad SMARTS) is 1. The average molecular weight is 306 g/mol. The topological polar surface area (TPSA) is 88.4 Å². The molecule has 2 N–H and O–H groups in total. The van der Waals surface area contributed by atoms with Crippen molar-refractivity contribution in [3.8, 4) is 0 Å². The highest BCUT2D eigenvalue weighted by atomic mass is 32.1. The van der Waals surface area contributed by atoms with Crippen molar-refractivity contribution in [1.82, 2.24) is 4.57 Å². The summed E-state index contributed by atoms with van der Waals surface area (Å²) in [6.45, 7) is 2.02. The standard InChI is InChI=1S/C14H14N2O4S/c1-9-8-10(14(19)20)13(21-9)15-11(17)5-7-16-6-3-2-4-12(16)18/h2-4,6,8H,5,7H2,1H3,(H,15,17)(H,19,20). The molecule has 2 aromatic heterocycles. The normalized spacial score (nSPS) is 10.3. The van der Waals surface area contributed by atoms with Crippen molar-refractivity contribution in [3.63, 3.8) is 0 Å². The van der Waals surface area contributed by atoms with Crippen LogP contribution in [0.4, 0.5) is 5.00 Å². The second kappa shape index (κ2) is 6.36. The van der Waals surface area contributed by atoms with Crippen LogP contribution in [0.2, 0.25) is 0 Å². The fraction of sp³-hybridized carbons (Fsp3) is 0.214. The smallest absolute Gasteiger partial charge is 0.338 e. The van der Waals surface area contributed by atoms with Crippen LogP contribution in [0.3, 0.4) is 0 Å². The predicted octanol–water partition coefficient (Wildman–Crippen LogP) is 1.95. The van der Waals surface area contributed by atoms with E-state index in [1.54, 1.807) is 25.3 Å². The number of hydrogen-bond acceptors (Lipinski definition) is 4. The third-order valence-electron chi connectivity index (χ3n) is 2.82. The van der Waals surface area contributed by atoms with Crippen molar-refractivity contribution in [1.29, 1.82) is 0 Å². The number of nitrogens with zero attached hydrogens (tertiary/aromatic N) is 1. The van der Waals surface area contributed by atoms with E-state index < -0.39 is 5.97 Å². The van der Waals surface area contributed by atoms with Gasteiger partial charge in [-0.2, -0.15) is 0 Å².